The van der Waals surface area contributed by atoms with Crippen LogP contribution in [0.2, 0.25) is 0 Å². The van der Waals surface area contributed by atoms with Crippen LogP contribution in [0.4, 0.5) is 0 Å². The van der Waals surface area contributed by atoms with Crippen LogP contribution in [0.25, 0.3) is 0 Å². The van der Waals surface area contributed by atoms with Gasteiger partial charge in [0.2, 0.25) is 5.91 Å². The Balaban J connectivity index is 1.49. The first-order chi connectivity index (χ1) is 15.2. The number of nitrogens with one attached hydrogen (secondary N) is 1. The number of carbonyl (C=O) groups excluding carboxylic acids is 1. The molecule has 7 heteroatoms. The minimum atomic E-state index is 0.264. The van der Waals surface area contributed by atoms with E-state index in [0.29, 0.717) is 31.5 Å². The molecular weight excluding hydrogens is 388 g/mol. The van der Waals surface area contributed by atoms with E-state index in [-0.39, 0.29) is 5.91 Å². The number of hydrogen-bond donors (Lipinski definition) is 1. The number of aliphatic imine (C=N–C) groups is 1. The normalized spacial score (nSPS) is 22.3. The summed E-state index contributed by atoms with van der Waals surface area (Å²) in [6.45, 7) is 9.36. The summed E-state index contributed by atoms with van der Waals surface area (Å²) >= 11 is 0. The molecule has 7 nitrogen and oxygen atoms in total. The lowest BCUT2D eigenvalue weighted by molar-refractivity contribution is -0.128. The van der Waals surface area contributed by atoms with Crippen LogP contribution in [0.15, 0.2) is 48.0 Å². The summed E-state index contributed by atoms with van der Waals surface area (Å²) in [5.74, 6) is 1.83. The van der Waals surface area contributed by atoms with Crippen LogP contribution in [0.5, 0.6) is 0 Å². The van der Waals surface area contributed by atoms with E-state index in [1.807, 2.05) is 17.4 Å². The number of hydrogen-bond acceptors (Lipinski definition) is 3. The monoisotopic (exact) mass is 422 g/mol. The molecule has 2 atom stereocenters. The standard InChI is InChI=1S/C24H34N6O/c1-3-26-24(29-13-10-19(2)22(17-29)30-14-11-25-18-30)27-15-20-7-4-5-8-21(20)16-28-12-6-9-23(28)31/h4-5,7-8,11,14,18-19,22H,3,6,9-10,12-13,15-17H2,1-2H3,(H,26,27). The molecule has 0 bridgehead atoms. The van der Waals surface area contributed by atoms with Gasteiger partial charge < -0.3 is 19.7 Å². The number of amides is 1. The number of piperidine rings is 1. The van der Waals surface area contributed by atoms with Crippen molar-refractivity contribution in [2.75, 3.05) is 26.2 Å². The van der Waals surface area contributed by atoms with Gasteiger partial charge in [-0.15, -0.1) is 0 Å². The highest BCUT2D eigenvalue weighted by molar-refractivity contribution is 5.80. The van der Waals surface area contributed by atoms with E-state index in [1.165, 1.54) is 11.1 Å². The number of rotatable bonds is 6. The maximum Gasteiger partial charge on any atom is 0.222 e. The van der Waals surface area contributed by atoms with Gasteiger partial charge in [-0.1, -0.05) is 31.2 Å². The number of imidazole rings is 1. The predicted molar refractivity (Wildman–Crippen MR) is 123 cm³/mol. The number of guanidine groups is 1. The van der Waals surface area contributed by atoms with Crippen LogP contribution < -0.4 is 5.32 Å². The maximum absolute atomic E-state index is 12.1. The molecule has 0 spiro atoms. The fraction of sp³-hybridized carbons (Fsp3) is 0.542. The topological polar surface area (TPSA) is 65.8 Å². The van der Waals surface area contributed by atoms with Crippen molar-refractivity contribution in [3.05, 3.63) is 54.1 Å². The Labute approximate surface area is 185 Å². The van der Waals surface area contributed by atoms with Crippen molar-refractivity contribution in [1.29, 1.82) is 0 Å². The van der Waals surface area contributed by atoms with Gasteiger partial charge in [0, 0.05) is 51.5 Å². The highest BCUT2D eigenvalue weighted by Gasteiger charge is 2.29. The van der Waals surface area contributed by atoms with Gasteiger partial charge in [0.15, 0.2) is 5.96 Å². The zero-order valence-corrected chi connectivity index (χ0v) is 18.7. The molecule has 4 rings (SSSR count). The third-order valence-electron chi connectivity index (χ3n) is 6.51. The van der Waals surface area contributed by atoms with Crippen molar-refractivity contribution in [2.45, 2.75) is 52.2 Å². The SMILES string of the molecule is CCNC(=NCc1ccccc1CN1CCCC1=O)N1CCC(C)C(n2ccnc2)C1. The summed E-state index contributed by atoms with van der Waals surface area (Å²) in [6.07, 6.45) is 8.61. The second-order valence-corrected chi connectivity index (χ2v) is 8.65. The molecule has 1 amide bonds. The summed E-state index contributed by atoms with van der Waals surface area (Å²) in [5.41, 5.74) is 2.38. The molecule has 0 radical (unpaired) electrons. The largest absolute Gasteiger partial charge is 0.357 e. The van der Waals surface area contributed by atoms with Crippen molar-refractivity contribution in [3.63, 3.8) is 0 Å². The molecule has 1 aromatic heterocycles. The van der Waals surface area contributed by atoms with Crippen molar-refractivity contribution in [1.82, 2.24) is 24.7 Å². The number of benzene rings is 1. The lowest BCUT2D eigenvalue weighted by Crippen LogP contribution is -2.49. The Hall–Kier alpha value is -2.83. The Morgan fingerprint density at radius 3 is 2.81 bits per heavy atom. The third-order valence-corrected chi connectivity index (χ3v) is 6.51. The van der Waals surface area contributed by atoms with Crippen molar-refractivity contribution in [2.24, 2.45) is 10.9 Å². The smallest absolute Gasteiger partial charge is 0.222 e. The van der Waals surface area contributed by atoms with E-state index in [1.54, 1.807) is 0 Å². The molecule has 2 aliphatic heterocycles. The fourth-order valence-corrected chi connectivity index (χ4v) is 4.62. The van der Waals surface area contributed by atoms with Crippen LogP contribution in [0.3, 0.4) is 0 Å². The molecular formula is C24H34N6O. The quantitative estimate of drug-likeness (QED) is 0.574. The second kappa shape index (κ2) is 9.98. The van der Waals surface area contributed by atoms with Gasteiger partial charge in [-0.2, -0.15) is 0 Å². The summed E-state index contributed by atoms with van der Waals surface area (Å²) in [4.78, 5) is 25.7. The average molecular weight is 423 g/mol. The van der Waals surface area contributed by atoms with E-state index < -0.39 is 0 Å². The summed E-state index contributed by atoms with van der Waals surface area (Å²) in [5, 5.41) is 3.49. The lowest BCUT2D eigenvalue weighted by atomic mass is 9.93. The van der Waals surface area contributed by atoms with E-state index in [4.69, 9.17) is 4.99 Å². The highest BCUT2D eigenvalue weighted by Crippen LogP contribution is 2.27. The van der Waals surface area contributed by atoms with Gasteiger partial charge in [0.25, 0.3) is 0 Å². The fourth-order valence-electron chi connectivity index (χ4n) is 4.62. The first-order valence-corrected chi connectivity index (χ1v) is 11.5. The maximum atomic E-state index is 12.1. The van der Waals surface area contributed by atoms with Crippen LogP contribution in [-0.2, 0) is 17.9 Å². The van der Waals surface area contributed by atoms with Crippen LogP contribution in [-0.4, -0.2) is 57.4 Å². The number of carbonyl (C=O) groups is 1. The molecule has 2 saturated heterocycles. The van der Waals surface area contributed by atoms with Gasteiger partial charge in [0.1, 0.15) is 0 Å². The zero-order chi connectivity index (χ0) is 21.6. The first-order valence-electron chi connectivity index (χ1n) is 11.5. The van der Waals surface area contributed by atoms with E-state index >= 15 is 0 Å². The Morgan fingerprint density at radius 1 is 1.26 bits per heavy atom. The molecule has 166 valence electrons. The van der Waals surface area contributed by atoms with Crippen molar-refractivity contribution >= 4 is 11.9 Å². The molecule has 2 fully saturated rings. The first kappa shape index (κ1) is 21.4. The van der Waals surface area contributed by atoms with E-state index in [9.17, 15) is 4.79 Å². The molecule has 31 heavy (non-hydrogen) atoms. The molecule has 2 aliphatic rings. The van der Waals surface area contributed by atoms with Gasteiger partial charge in [-0.3, -0.25) is 4.79 Å². The Morgan fingerprint density at radius 2 is 2.10 bits per heavy atom. The molecule has 0 saturated carbocycles. The Kier molecular flexibility index (Phi) is 6.89. The van der Waals surface area contributed by atoms with Gasteiger partial charge in [-0.05, 0) is 36.8 Å². The van der Waals surface area contributed by atoms with Crippen molar-refractivity contribution in [3.8, 4) is 0 Å². The van der Waals surface area contributed by atoms with Crippen molar-refractivity contribution < 1.29 is 4.79 Å². The average Bonchev–Trinajstić information content (AvgIpc) is 3.45. The summed E-state index contributed by atoms with van der Waals surface area (Å²) in [6, 6.07) is 8.77. The Bertz CT molecular complexity index is 893. The van der Waals surface area contributed by atoms with Gasteiger partial charge in [-0.25, -0.2) is 9.98 Å². The van der Waals surface area contributed by atoms with Crippen LogP contribution in [0, 0.1) is 5.92 Å². The molecule has 2 aromatic rings. The van der Waals surface area contributed by atoms with Gasteiger partial charge in [0.05, 0.1) is 18.9 Å². The molecule has 3 heterocycles. The van der Waals surface area contributed by atoms with E-state index in [2.05, 4.69) is 64.1 Å². The van der Waals surface area contributed by atoms with Crippen LogP contribution >= 0.6 is 0 Å². The molecule has 0 aliphatic carbocycles. The minimum Gasteiger partial charge on any atom is -0.357 e. The third kappa shape index (κ3) is 5.09. The summed E-state index contributed by atoms with van der Waals surface area (Å²) < 4.78 is 2.22. The van der Waals surface area contributed by atoms with E-state index in [0.717, 1.165) is 45.0 Å². The highest BCUT2D eigenvalue weighted by atomic mass is 16.2. The van der Waals surface area contributed by atoms with Crippen LogP contribution in [0.1, 0.15) is 50.3 Å². The van der Waals surface area contributed by atoms with Gasteiger partial charge >= 0.3 is 0 Å². The molecule has 2 unspecified atom stereocenters. The number of nitrogens with zero attached hydrogens (tertiary/aromatic N) is 5. The lowest BCUT2D eigenvalue weighted by Gasteiger charge is -2.39. The minimum absolute atomic E-state index is 0.264. The molecule has 1 aromatic carbocycles. The predicted octanol–water partition coefficient (Wildman–Crippen LogP) is 3.05. The number of likely N-dealkylation sites (tertiary alicyclic amines) is 2. The number of aromatic nitrogens is 2. The molecule has 1 N–H and O–H groups in total. The summed E-state index contributed by atoms with van der Waals surface area (Å²) in [7, 11) is 0. The zero-order valence-electron chi connectivity index (χ0n) is 18.7. The second-order valence-electron chi connectivity index (χ2n) is 8.65.